The van der Waals surface area contributed by atoms with Gasteiger partial charge in [0, 0.05) is 6.54 Å². The van der Waals surface area contributed by atoms with Gasteiger partial charge in [0.25, 0.3) is 0 Å². The maximum atomic E-state index is 11.8. The Morgan fingerprint density at radius 2 is 2.00 bits per heavy atom. The molecule has 1 aromatic rings. The van der Waals surface area contributed by atoms with Crippen molar-refractivity contribution < 1.29 is 17.9 Å². The van der Waals surface area contributed by atoms with E-state index in [0.29, 0.717) is 25.5 Å². The number of nitrogens with one attached hydrogen (secondary N) is 1. The zero-order valence-electron chi connectivity index (χ0n) is 13.7. The molecule has 1 aliphatic rings. The predicted octanol–water partition coefficient (Wildman–Crippen LogP) is 2.13. The highest BCUT2D eigenvalue weighted by Gasteiger charge is 2.27. The zero-order chi connectivity index (χ0) is 16.9. The highest BCUT2D eigenvalue weighted by molar-refractivity contribution is 7.91. The van der Waals surface area contributed by atoms with Gasteiger partial charge in [-0.25, -0.2) is 8.42 Å². The van der Waals surface area contributed by atoms with Gasteiger partial charge in [0.1, 0.15) is 5.75 Å². The number of hydrogen-bond donors (Lipinski definition) is 1. The van der Waals surface area contributed by atoms with Crippen molar-refractivity contribution in [2.24, 2.45) is 5.92 Å². The van der Waals surface area contributed by atoms with Crippen LogP contribution in [0.2, 0.25) is 0 Å². The molecule has 6 heteroatoms. The Balaban J connectivity index is 1.65. The van der Waals surface area contributed by atoms with Crippen molar-refractivity contribution in [2.45, 2.75) is 32.6 Å². The summed E-state index contributed by atoms with van der Waals surface area (Å²) >= 11 is 0. The molecule has 1 fully saturated rings. The quantitative estimate of drug-likeness (QED) is 0.826. The molecule has 1 aliphatic heterocycles. The van der Waals surface area contributed by atoms with Gasteiger partial charge >= 0.3 is 0 Å². The average molecular weight is 339 g/mol. The van der Waals surface area contributed by atoms with Crippen LogP contribution >= 0.6 is 0 Å². The number of carbonyl (C=O) groups excluding carboxylic acids is 1. The van der Waals surface area contributed by atoms with E-state index in [-0.39, 0.29) is 29.8 Å². The van der Waals surface area contributed by atoms with Crippen LogP contribution in [0.25, 0.3) is 0 Å². The highest BCUT2D eigenvalue weighted by atomic mass is 32.2. The average Bonchev–Trinajstić information content (AvgIpc) is 2.85. The lowest BCUT2D eigenvalue weighted by Gasteiger charge is -2.11. The Hall–Kier alpha value is -1.56. The van der Waals surface area contributed by atoms with Gasteiger partial charge in [-0.05, 0) is 36.0 Å². The van der Waals surface area contributed by atoms with Crippen molar-refractivity contribution in [1.82, 2.24) is 5.32 Å². The Morgan fingerprint density at radius 3 is 2.57 bits per heavy atom. The molecule has 128 valence electrons. The van der Waals surface area contributed by atoms with E-state index >= 15 is 0 Å². The van der Waals surface area contributed by atoms with E-state index in [1.165, 1.54) is 5.56 Å². The summed E-state index contributed by atoms with van der Waals surface area (Å²) in [5.41, 5.74) is 1.25. The topological polar surface area (TPSA) is 72.5 Å². The Bertz CT molecular complexity index is 622. The van der Waals surface area contributed by atoms with E-state index in [9.17, 15) is 13.2 Å². The summed E-state index contributed by atoms with van der Waals surface area (Å²) in [5.74, 6) is 1.61. The number of carbonyl (C=O) groups is 1. The Labute approximate surface area is 138 Å². The third kappa shape index (κ3) is 5.86. The molecule has 1 aromatic carbocycles. The minimum absolute atomic E-state index is 0.0495. The minimum atomic E-state index is -2.88. The summed E-state index contributed by atoms with van der Waals surface area (Å²) in [6, 6.07) is 7.88. The van der Waals surface area contributed by atoms with E-state index in [4.69, 9.17) is 4.74 Å². The van der Waals surface area contributed by atoms with E-state index in [0.717, 1.165) is 5.75 Å². The molecule has 0 radical (unpaired) electrons. The van der Waals surface area contributed by atoms with Gasteiger partial charge < -0.3 is 10.1 Å². The number of amides is 1. The molecule has 0 bridgehead atoms. The fourth-order valence-corrected chi connectivity index (χ4v) is 4.45. The van der Waals surface area contributed by atoms with Gasteiger partial charge in [-0.2, -0.15) is 0 Å². The Morgan fingerprint density at radius 1 is 1.30 bits per heavy atom. The van der Waals surface area contributed by atoms with E-state index in [2.05, 4.69) is 19.2 Å². The highest BCUT2D eigenvalue weighted by Crippen LogP contribution is 2.19. The van der Waals surface area contributed by atoms with Crippen molar-refractivity contribution in [3.8, 4) is 5.75 Å². The van der Waals surface area contributed by atoms with Crippen LogP contribution < -0.4 is 10.1 Å². The van der Waals surface area contributed by atoms with E-state index in [1.807, 2.05) is 24.3 Å². The molecule has 0 aromatic heterocycles. The summed E-state index contributed by atoms with van der Waals surface area (Å²) < 4.78 is 28.3. The van der Waals surface area contributed by atoms with Crippen LogP contribution in [0.15, 0.2) is 24.3 Å². The van der Waals surface area contributed by atoms with Crippen molar-refractivity contribution >= 4 is 15.7 Å². The molecular weight excluding hydrogens is 314 g/mol. The van der Waals surface area contributed by atoms with Crippen LogP contribution in [-0.2, 0) is 14.6 Å². The fraction of sp³-hybridized carbons (Fsp3) is 0.588. The van der Waals surface area contributed by atoms with Gasteiger partial charge in [0.15, 0.2) is 9.84 Å². The van der Waals surface area contributed by atoms with Gasteiger partial charge in [-0.1, -0.05) is 26.0 Å². The normalized spacial score (nSPS) is 19.7. The molecule has 1 unspecified atom stereocenters. The SMILES string of the molecule is CC(C)c1ccc(OCCC(=O)NCC2CCS(=O)(=O)C2)cc1. The molecule has 0 spiro atoms. The third-order valence-corrected chi connectivity index (χ3v) is 5.90. The largest absolute Gasteiger partial charge is 0.493 e. The first-order valence-corrected chi connectivity index (χ1v) is 9.88. The summed E-state index contributed by atoms with van der Waals surface area (Å²) in [6.45, 7) is 5.02. The maximum Gasteiger partial charge on any atom is 0.223 e. The number of sulfone groups is 1. The van der Waals surface area contributed by atoms with Gasteiger partial charge in [-0.15, -0.1) is 0 Å². The first kappa shape index (κ1) is 17.8. The van der Waals surface area contributed by atoms with Gasteiger partial charge in [0.2, 0.25) is 5.91 Å². The summed E-state index contributed by atoms with van der Waals surface area (Å²) in [4.78, 5) is 11.8. The molecule has 1 N–H and O–H groups in total. The molecule has 0 aliphatic carbocycles. The molecule has 1 saturated heterocycles. The summed E-state index contributed by atoms with van der Waals surface area (Å²) in [6.07, 6.45) is 0.909. The van der Waals surface area contributed by atoms with Crippen molar-refractivity contribution in [2.75, 3.05) is 24.7 Å². The lowest BCUT2D eigenvalue weighted by atomic mass is 10.0. The zero-order valence-corrected chi connectivity index (χ0v) is 14.6. The van der Waals surface area contributed by atoms with Gasteiger partial charge in [-0.3, -0.25) is 4.79 Å². The first-order chi connectivity index (χ1) is 10.9. The van der Waals surface area contributed by atoms with E-state index < -0.39 is 9.84 Å². The smallest absolute Gasteiger partial charge is 0.223 e. The maximum absolute atomic E-state index is 11.8. The summed E-state index contributed by atoms with van der Waals surface area (Å²) in [5, 5.41) is 2.79. The molecule has 23 heavy (non-hydrogen) atoms. The van der Waals surface area contributed by atoms with Crippen LogP contribution in [0.4, 0.5) is 0 Å². The molecule has 1 atom stereocenters. The summed E-state index contributed by atoms with van der Waals surface area (Å²) in [7, 11) is -2.88. The van der Waals surface area contributed by atoms with Crippen LogP contribution in [0, 0.1) is 5.92 Å². The molecule has 1 amide bonds. The van der Waals surface area contributed by atoms with Crippen molar-refractivity contribution in [3.05, 3.63) is 29.8 Å². The predicted molar refractivity (Wildman–Crippen MR) is 90.4 cm³/mol. The number of hydrogen-bond acceptors (Lipinski definition) is 4. The molecule has 0 saturated carbocycles. The molecule has 5 nitrogen and oxygen atoms in total. The minimum Gasteiger partial charge on any atom is -0.493 e. The standard InChI is InChI=1S/C17H25NO4S/c1-13(2)15-3-5-16(6-4-15)22-9-7-17(19)18-11-14-8-10-23(20,21)12-14/h3-6,13-14H,7-12H2,1-2H3,(H,18,19). The fourth-order valence-electron chi connectivity index (χ4n) is 2.59. The number of ether oxygens (including phenoxy) is 1. The van der Waals surface area contributed by atoms with E-state index in [1.54, 1.807) is 0 Å². The van der Waals surface area contributed by atoms with Crippen molar-refractivity contribution in [1.29, 1.82) is 0 Å². The van der Waals surface area contributed by atoms with Crippen LogP contribution in [-0.4, -0.2) is 39.0 Å². The second kappa shape index (κ2) is 7.81. The second-order valence-corrected chi connectivity index (χ2v) is 8.62. The molecule has 2 rings (SSSR count). The van der Waals surface area contributed by atoms with Crippen LogP contribution in [0.3, 0.4) is 0 Å². The lowest BCUT2D eigenvalue weighted by molar-refractivity contribution is -0.121. The van der Waals surface area contributed by atoms with Crippen LogP contribution in [0.1, 0.15) is 38.2 Å². The molecular formula is C17H25NO4S. The second-order valence-electron chi connectivity index (χ2n) is 6.40. The monoisotopic (exact) mass is 339 g/mol. The number of benzene rings is 1. The molecule has 1 heterocycles. The third-order valence-electron chi connectivity index (χ3n) is 4.06. The van der Waals surface area contributed by atoms with Crippen LogP contribution in [0.5, 0.6) is 5.75 Å². The van der Waals surface area contributed by atoms with Crippen molar-refractivity contribution in [3.63, 3.8) is 0 Å². The van der Waals surface area contributed by atoms with Gasteiger partial charge in [0.05, 0.1) is 24.5 Å². The number of rotatable bonds is 7. The first-order valence-electron chi connectivity index (χ1n) is 8.05. The lowest BCUT2D eigenvalue weighted by Crippen LogP contribution is -2.30. The Kier molecular flexibility index (Phi) is 6.04.